The molecule has 1 aliphatic rings. The van der Waals surface area contributed by atoms with Crippen molar-refractivity contribution in [1.29, 1.82) is 0 Å². The molecule has 0 N–H and O–H groups in total. The molecule has 1 atom stereocenters. The Hall–Kier alpha value is -1.78. The molecule has 0 saturated carbocycles. The molecule has 5 heteroatoms. The molecule has 2 heterocycles. The maximum Gasteiger partial charge on any atom is 0.410 e. The lowest BCUT2D eigenvalue weighted by atomic mass is 10.2. The molecule has 2 rings (SSSR count). The molecule has 1 amide bonds. The highest BCUT2D eigenvalue weighted by atomic mass is 16.6. The Kier molecular flexibility index (Phi) is 4.47. The molecule has 110 valence electrons. The van der Waals surface area contributed by atoms with Crippen LogP contribution in [-0.4, -0.2) is 40.8 Å². The van der Waals surface area contributed by atoms with Crippen LogP contribution >= 0.6 is 0 Å². The SMILES string of the molecule is CC(C)(C)OC(=O)N1CCCC1COc1ccccn1. The molecule has 1 aromatic rings. The van der Waals surface area contributed by atoms with E-state index in [0.29, 0.717) is 12.5 Å². The summed E-state index contributed by atoms with van der Waals surface area (Å²) < 4.78 is 11.1. The molecule has 1 fully saturated rings. The molecular weight excluding hydrogens is 256 g/mol. The molecule has 0 radical (unpaired) electrons. The van der Waals surface area contributed by atoms with Gasteiger partial charge in [-0.1, -0.05) is 6.07 Å². The van der Waals surface area contributed by atoms with Crippen LogP contribution in [0.2, 0.25) is 0 Å². The molecule has 0 aromatic carbocycles. The molecule has 1 aromatic heterocycles. The first-order valence-electron chi connectivity index (χ1n) is 6.99. The molecule has 0 aliphatic carbocycles. The predicted molar refractivity (Wildman–Crippen MR) is 75.7 cm³/mol. The number of nitrogens with zero attached hydrogens (tertiary/aromatic N) is 2. The Labute approximate surface area is 119 Å². The molecule has 1 saturated heterocycles. The molecule has 1 unspecified atom stereocenters. The average molecular weight is 278 g/mol. The first kappa shape index (κ1) is 14.6. The lowest BCUT2D eigenvalue weighted by molar-refractivity contribution is 0.0186. The Morgan fingerprint density at radius 2 is 2.25 bits per heavy atom. The number of carbonyl (C=O) groups is 1. The first-order chi connectivity index (χ1) is 9.46. The number of rotatable bonds is 3. The van der Waals surface area contributed by atoms with Crippen molar-refractivity contribution in [3.8, 4) is 5.88 Å². The van der Waals surface area contributed by atoms with E-state index in [1.807, 2.05) is 39.0 Å². The second-order valence-electron chi connectivity index (χ2n) is 5.95. The summed E-state index contributed by atoms with van der Waals surface area (Å²) >= 11 is 0. The lowest BCUT2D eigenvalue weighted by Crippen LogP contribution is -2.42. The van der Waals surface area contributed by atoms with E-state index in [1.54, 1.807) is 11.1 Å². The highest BCUT2D eigenvalue weighted by Crippen LogP contribution is 2.21. The smallest absolute Gasteiger partial charge is 0.410 e. The molecule has 5 nitrogen and oxygen atoms in total. The van der Waals surface area contributed by atoms with Crippen LogP contribution in [-0.2, 0) is 4.74 Å². The van der Waals surface area contributed by atoms with Crippen molar-refractivity contribution in [3.05, 3.63) is 24.4 Å². The Morgan fingerprint density at radius 3 is 2.90 bits per heavy atom. The fourth-order valence-electron chi connectivity index (χ4n) is 2.18. The summed E-state index contributed by atoms with van der Waals surface area (Å²) in [6, 6.07) is 5.59. The van der Waals surface area contributed by atoms with Gasteiger partial charge in [-0.15, -0.1) is 0 Å². The van der Waals surface area contributed by atoms with Crippen molar-refractivity contribution in [2.75, 3.05) is 13.2 Å². The maximum absolute atomic E-state index is 12.1. The fraction of sp³-hybridized carbons (Fsp3) is 0.600. The number of carbonyl (C=O) groups excluding carboxylic acids is 1. The first-order valence-corrected chi connectivity index (χ1v) is 6.99. The van der Waals surface area contributed by atoms with Gasteiger partial charge in [-0.25, -0.2) is 9.78 Å². The van der Waals surface area contributed by atoms with Crippen LogP contribution in [0.5, 0.6) is 5.88 Å². The summed E-state index contributed by atoms with van der Waals surface area (Å²) in [6.45, 7) is 6.81. The van der Waals surface area contributed by atoms with Gasteiger partial charge in [0, 0.05) is 18.8 Å². The minimum Gasteiger partial charge on any atom is -0.475 e. The molecular formula is C15H22N2O3. The van der Waals surface area contributed by atoms with E-state index in [1.165, 1.54) is 0 Å². The van der Waals surface area contributed by atoms with Gasteiger partial charge in [0.05, 0.1) is 6.04 Å². The maximum atomic E-state index is 12.1. The zero-order valence-corrected chi connectivity index (χ0v) is 12.3. The fourth-order valence-corrected chi connectivity index (χ4v) is 2.18. The second-order valence-corrected chi connectivity index (χ2v) is 5.95. The monoisotopic (exact) mass is 278 g/mol. The van der Waals surface area contributed by atoms with Crippen LogP contribution in [0.3, 0.4) is 0 Å². The minimum absolute atomic E-state index is 0.0619. The van der Waals surface area contributed by atoms with Gasteiger partial charge >= 0.3 is 6.09 Å². The van der Waals surface area contributed by atoms with E-state index in [0.717, 1.165) is 19.4 Å². The lowest BCUT2D eigenvalue weighted by Gasteiger charge is -2.28. The van der Waals surface area contributed by atoms with Crippen LogP contribution in [0.25, 0.3) is 0 Å². The Bertz CT molecular complexity index is 442. The topological polar surface area (TPSA) is 51.7 Å². The zero-order chi connectivity index (χ0) is 14.6. The highest BCUT2D eigenvalue weighted by Gasteiger charge is 2.32. The molecule has 0 bridgehead atoms. The average Bonchev–Trinajstić information content (AvgIpc) is 2.84. The second kappa shape index (κ2) is 6.11. The summed E-state index contributed by atoms with van der Waals surface area (Å²) in [5.41, 5.74) is -0.466. The minimum atomic E-state index is -0.466. The Balaban J connectivity index is 1.89. The van der Waals surface area contributed by atoms with Gasteiger partial charge in [0.15, 0.2) is 0 Å². The standard InChI is InChI=1S/C15H22N2O3/c1-15(2,3)20-14(18)17-10-6-7-12(17)11-19-13-8-4-5-9-16-13/h4-5,8-9,12H,6-7,10-11H2,1-3H3. The van der Waals surface area contributed by atoms with Gasteiger partial charge < -0.3 is 14.4 Å². The number of hydrogen-bond donors (Lipinski definition) is 0. The summed E-state index contributed by atoms with van der Waals surface area (Å²) in [4.78, 5) is 18.0. The van der Waals surface area contributed by atoms with Crippen LogP contribution in [0.15, 0.2) is 24.4 Å². The third-order valence-electron chi connectivity index (χ3n) is 3.07. The number of likely N-dealkylation sites (tertiary alicyclic amines) is 1. The van der Waals surface area contributed by atoms with E-state index in [4.69, 9.17) is 9.47 Å². The Morgan fingerprint density at radius 1 is 1.45 bits per heavy atom. The van der Waals surface area contributed by atoms with Crippen molar-refractivity contribution < 1.29 is 14.3 Å². The summed E-state index contributed by atoms with van der Waals surface area (Å²) in [5.74, 6) is 0.587. The van der Waals surface area contributed by atoms with Crippen molar-refractivity contribution in [2.24, 2.45) is 0 Å². The molecule has 20 heavy (non-hydrogen) atoms. The number of amides is 1. The molecule has 0 spiro atoms. The van der Waals surface area contributed by atoms with Crippen molar-refractivity contribution >= 4 is 6.09 Å². The van der Waals surface area contributed by atoms with Crippen LogP contribution in [0.1, 0.15) is 33.6 Å². The quantitative estimate of drug-likeness (QED) is 0.853. The van der Waals surface area contributed by atoms with Crippen LogP contribution < -0.4 is 4.74 Å². The molecule has 1 aliphatic heterocycles. The van der Waals surface area contributed by atoms with Crippen molar-refractivity contribution in [3.63, 3.8) is 0 Å². The van der Waals surface area contributed by atoms with Gasteiger partial charge in [-0.3, -0.25) is 0 Å². The number of ether oxygens (including phenoxy) is 2. The van der Waals surface area contributed by atoms with E-state index >= 15 is 0 Å². The summed E-state index contributed by atoms with van der Waals surface area (Å²) in [6.07, 6.45) is 3.35. The van der Waals surface area contributed by atoms with E-state index in [2.05, 4.69) is 4.98 Å². The van der Waals surface area contributed by atoms with Gasteiger partial charge in [-0.05, 0) is 39.7 Å². The highest BCUT2D eigenvalue weighted by molar-refractivity contribution is 5.68. The summed E-state index contributed by atoms with van der Waals surface area (Å²) in [7, 11) is 0. The van der Waals surface area contributed by atoms with Gasteiger partial charge in [0.2, 0.25) is 5.88 Å². The van der Waals surface area contributed by atoms with Gasteiger partial charge in [-0.2, -0.15) is 0 Å². The number of pyridine rings is 1. The number of hydrogen-bond acceptors (Lipinski definition) is 4. The van der Waals surface area contributed by atoms with E-state index in [-0.39, 0.29) is 12.1 Å². The van der Waals surface area contributed by atoms with Crippen molar-refractivity contribution in [1.82, 2.24) is 9.88 Å². The van der Waals surface area contributed by atoms with E-state index < -0.39 is 5.60 Å². The normalized spacial score (nSPS) is 18.9. The predicted octanol–water partition coefficient (Wildman–Crippen LogP) is 2.86. The number of aromatic nitrogens is 1. The van der Waals surface area contributed by atoms with Crippen LogP contribution in [0.4, 0.5) is 4.79 Å². The van der Waals surface area contributed by atoms with E-state index in [9.17, 15) is 4.79 Å². The third kappa shape index (κ3) is 4.11. The van der Waals surface area contributed by atoms with Crippen LogP contribution in [0, 0.1) is 0 Å². The summed E-state index contributed by atoms with van der Waals surface area (Å²) in [5, 5.41) is 0. The third-order valence-corrected chi connectivity index (χ3v) is 3.07. The largest absolute Gasteiger partial charge is 0.475 e. The van der Waals surface area contributed by atoms with Crippen molar-refractivity contribution in [2.45, 2.75) is 45.3 Å². The zero-order valence-electron chi connectivity index (χ0n) is 12.3. The van der Waals surface area contributed by atoms with Gasteiger partial charge in [0.1, 0.15) is 12.2 Å². The van der Waals surface area contributed by atoms with Gasteiger partial charge in [0.25, 0.3) is 0 Å².